The van der Waals surface area contributed by atoms with E-state index in [1.807, 2.05) is 19.1 Å². The van der Waals surface area contributed by atoms with Crippen molar-refractivity contribution in [2.75, 3.05) is 18.9 Å². The summed E-state index contributed by atoms with van der Waals surface area (Å²) < 4.78 is 29.0. The van der Waals surface area contributed by atoms with Crippen molar-refractivity contribution in [1.82, 2.24) is 13.4 Å². The van der Waals surface area contributed by atoms with Crippen LogP contribution in [0.15, 0.2) is 56.9 Å². The van der Waals surface area contributed by atoms with Gasteiger partial charge in [-0.05, 0) is 42.3 Å². The SMILES string of the molecule is CCc1ccc(NC(=O)CN(C)S(=O)(=O)c2ccc3c(c2)c(=O)n(C)c(=O)n3C)cc1. The Morgan fingerprint density at radius 2 is 1.68 bits per heavy atom. The number of carbonyl (C=O) groups is 1. The van der Waals surface area contributed by atoms with E-state index in [1.165, 1.54) is 43.9 Å². The van der Waals surface area contributed by atoms with E-state index in [0.29, 0.717) is 11.2 Å². The van der Waals surface area contributed by atoms with Crippen molar-refractivity contribution in [3.8, 4) is 0 Å². The normalized spacial score (nSPS) is 11.8. The minimum atomic E-state index is -4.04. The number of rotatable bonds is 6. The van der Waals surface area contributed by atoms with Crippen LogP contribution in [-0.2, 0) is 35.3 Å². The molecule has 0 bridgehead atoms. The first-order valence-corrected chi connectivity index (χ1v) is 11.0. The first-order chi connectivity index (χ1) is 14.6. The molecule has 0 saturated carbocycles. The molecule has 10 heteroatoms. The van der Waals surface area contributed by atoms with Crippen LogP contribution in [0.3, 0.4) is 0 Å². The van der Waals surface area contributed by atoms with Gasteiger partial charge >= 0.3 is 5.69 Å². The summed E-state index contributed by atoms with van der Waals surface area (Å²) in [5.74, 6) is -0.491. The largest absolute Gasteiger partial charge is 0.330 e. The maximum Gasteiger partial charge on any atom is 0.330 e. The molecule has 2 aromatic carbocycles. The Bertz CT molecular complexity index is 1370. The molecule has 1 heterocycles. The number of likely N-dealkylation sites (N-methyl/N-ethyl adjacent to an activating group) is 1. The predicted octanol–water partition coefficient (Wildman–Crippen LogP) is 1.06. The van der Waals surface area contributed by atoms with E-state index in [1.54, 1.807) is 12.1 Å². The van der Waals surface area contributed by atoms with Crippen LogP contribution >= 0.6 is 0 Å². The van der Waals surface area contributed by atoms with Crippen molar-refractivity contribution in [1.29, 1.82) is 0 Å². The molecule has 0 radical (unpaired) electrons. The summed E-state index contributed by atoms with van der Waals surface area (Å²) in [6.45, 7) is 1.62. The third kappa shape index (κ3) is 4.30. The van der Waals surface area contributed by atoms with Crippen LogP contribution in [0.4, 0.5) is 5.69 Å². The molecule has 3 aromatic rings. The molecule has 0 atom stereocenters. The lowest BCUT2D eigenvalue weighted by atomic mass is 10.1. The van der Waals surface area contributed by atoms with E-state index in [4.69, 9.17) is 0 Å². The molecule has 31 heavy (non-hydrogen) atoms. The summed E-state index contributed by atoms with van der Waals surface area (Å²) in [6.07, 6.45) is 0.873. The van der Waals surface area contributed by atoms with E-state index in [-0.39, 0.29) is 10.3 Å². The van der Waals surface area contributed by atoms with E-state index in [9.17, 15) is 22.8 Å². The zero-order valence-electron chi connectivity index (χ0n) is 17.7. The molecule has 3 rings (SSSR count). The fourth-order valence-electron chi connectivity index (χ4n) is 3.23. The predicted molar refractivity (Wildman–Crippen MR) is 119 cm³/mol. The van der Waals surface area contributed by atoms with Crippen molar-refractivity contribution < 1.29 is 13.2 Å². The van der Waals surface area contributed by atoms with E-state index in [0.717, 1.165) is 20.9 Å². The molecule has 0 aliphatic rings. The maximum atomic E-state index is 13.0. The van der Waals surface area contributed by atoms with E-state index in [2.05, 4.69) is 5.32 Å². The van der Waals surface area contributed by atoms with Gasteiger partial charge < -0.3 is 5.32 Å². The average molecular weight is 445 g/mol. The minimum absolute atomic E-state index is 0.0968. The summed E-state index contributed by atoms with van der Waals surface area (Å²) in [5, 5.41) is 2.77. The summed E-state index contributed by atoms with van der Waals surface area (Å²) in [5.41, 5.74) is 0.920. The highest BCUT2D eigenvalue weighted by atomic mass is 32.2. The Balaban J connectivity index is 1.86. The van der Waals surface area contributed by atoms with Gasteiger partial charge in [0, 0.05) is 26.8 Å². The lowest BCUT2D eigenvalue weighted by Gasteiger charge is -2.17. The van der Waals surface area contributed by atoms with Gasteiger partial charge in [0.05, 0.1) is 22.3 Å². The Morgan fingerprint density at radius 1 is 1.03 bits per heavy atom. The van der Waals surface area contributed by atoms with Gasteiger partial charge in [-0.3, -0.25) is 18.7 Å². The Morgan fingerprint density at radius 3 is 2.29 bits per heavy atom. The topological polar surface area (TPSA) is 110 Å². The Hall–Kier alpha value is -3.24. The standard InChI is InChI=1S/C21H24N4O5S/c1-5-14-6-8-15(9-7-14)22-19(26)13-23(2)31(29,30)16-10-11-18-17(12-16)20(27)25(4)21(28)24(18)3/h6-12H,5,13H2,1-4H3,(H,22,26). The minimum Gasteiger partial charge on any atom is -0.325 e. The van der Waals surface area contributed by atoms with Crippen LogP contribution in [0.2, 0.25) is 0 Å². The van der Waals surface area contributed by atoms with Crippen LogP contribution in [0, 0.1) is 0 Å². The summed E-state index contributed by atoms with van der Waals surface area (Å²) in [6, 6.07) is 11.2. The van der Waals surface area contributed by atoms with Gasteiger partial charge in [-0.2, -0.15) is 4.31 Å². The lowest BCUT2D eigenvalue weighted by molar-refractivity contribution is -0.116. The maximum absolute atomic E-state index is 13.0. The first-order valence-electron chi connectivity index (χ1n) is 9.61. The molecule has 0 aliphatic carbocycles. The van der Waals surface area contributed by atoms with Gasteiger partial charge in [0.15, 0.2) is 0 Å². The fraction of sp³-hybridized carbons (Fsp3) is 0.286. The molecule has 0 spiro atoms. The number of sulfonamides is 1. The number of aryl methyl sites for hydroxylation is 2. The second-order valence-corrected chi connectivity index (χ2v) is 9.29. The number of anilines is 1. The molecule has 1 amide bonds. The Labute approximate surface area is 179 Å². The van der Waals surface area contributed by atoms with Gasteiger partial charge in [-0.25, -0.2) is 13.2 Å². The van der Waals surface area contributed by atoms with Gasteiger partial charge in [0.1, 0.15) is 0 Å². The smallest absolute Gasteiger partial charge is 0.325 e. The second-order valence-electron chi connectivity index (χ2n) is 7.24. The van der Waals surface area contributed by atoms with Gasteiger partial charge in [0.2, 0.25) is 15.9 Å². The van der Waals surface area contributed by atoms with Crippen LogP contribution < -0.4 is 16.6 Å². The van der Waals surface area contributed by atoms with Crippen molar-refractivity contribution in [3.63, 3.8) is 0 Å². The highest BCUT2D eigenvalue weighted by Gasteiger charge is 2.24. The highest BCUT2D eigenvalue weighted by Crippen LogP contribution is 2.19. The lowest BCUT2D eigenvalue weighted by Crippen LogP contribution is -2.37. The first kappa shape index (κ1) is 22.4. The molecular formula is C21H24N4O5S. The number of hydrogen-bond donors (Lipinski definition) is 1. The summed E-state index contributed by atoms with van der Waals surface area (Å²) in [4.78, 5) is 36.7. The zero-order valence-corrected chi connectivity index (χ0v) is 18.6. The van der Waals surface area contributed by atoms with Crippen LogP contribution in [0.5, 0.6) is 0 Å². The third-order valence-corrected chi connectivity index (χ3v) is 6.96. The number of benzene rings is 2. The number of aromatic nitrogens is 2. The molecule has 1 N–H and O–H groups in total. The zero-order chi connectivity index (χ0) is 22.9. The van der Waals surface area contributed by atoms with Crippen LogP contribution in [0.25, 0.3) is 10.9 Å². The number of amides is 1. The van der Waals surface area contributed by atoms with Crippen molar-refractivity contribution >= 4 is 32.5 Å². The van der Waals surface area contributed by atoms with E-state index < -0.39 is 33.7 Å². The van der Waals surface area contributed by atoms with Crippen LogP contribution in [-0.4, -0.2) is 41.4 Å². The van der Waals surface area contributed by atoms with E-state index >= 15 is 0 Å². The molecule has 9 nitrogen and oxygen atoms in total. The monoisotopic (exact) mass is 444 g/mol. The van der Waals surface area contributed by atoms with Crippen molar-refractivity contribution in [2.24, 2.45) is 14.1 Å². The van der Waals surface area contributed by atoms with Crippen molar-refractivity contribution in [2.45, 2.75) is 18.2 Å². The number of fused-ring (bicyclic) bond motifs is 1. The molecular weight excluding hydrogens is 420 g/mol. The highest BCUT2D eigenvalue weighted by molar-refractivity contribution is 7.89. The van der Waals surface area contributed by atoms with Gasteiger partial charge in [0.25, 0.3) is 5.56 Å². The van der Waals surface area contributed by atoms with Gasteiger partial charge in [-0.1, -0.05) is 19.1 Å². The number of hydrogen-bond acceptors (Lipinski definition) is 5. The molecule has 0 fully saturated rings. The van der Waals surface area contributed by atoms with Gasteiger partial charge in [-0.15, -0.1) is 0 Å². The number of carbonyl (C=O) groups excluding carboxylic acids is 1. The van der Waals surface area contributed by atoms with Crippen molar-refractivity contribution in [3.05, 3.63) is 68.9 Å². The third-order valence-electron chi connectivity index (χ3n) is 5.16. The fourth-order valence-corrected chi connectivity index (χ4v) is 4.38. The number of nitrogens with zero attached hydrogens (tertiary/aromatic N) is 3. The summed E-state index contributed by atoms with van der Waals surface area (Å²) >= 11 is 0. The quantitative estimate of drug-likeness (QED) is 0.611. The molecule has 1 aromatic heterocycles. The second kappa shape index (κ2) is 8.48. The summed E-state index contributed by atoms with van der Waals surface area (Å²) in [7, 11) is 0.0757. The molecule has 0 aliphatic heterocycles. The van der Waals surface area contributed by atoms with Crippen LogP contribution in [0.1, 0.15) is 12.5 Å². The Kier molecular flexibility index (Phi) is 6.14. The number of nitrogens with one attached hydrogen (secondary N) is 1. The average Bonchev–Trinajstić information content (AvgIpc) is 2.76. The molecule has 0 unspecified atom stereocenters. The molecule has 0 saturated heterocycles. The molecule has 164 valence electrons.